The largest absolute Gasteiger partial charge is 0.382 e. The molecule has 1 saturated heterocycles. The van der Waals surface area contributed by atoms with Crippen molar-refractivity contribution in [2.24, 2.45) is 0 Å². The zero-order valence-corrected chi connectivity index (χ0v) is 17.5. The maximum atomic E-state index is 4.89. The Morgan fingerprint density at radius 1 is 1.07 bits per heavy atom. The summed E-state index contributed by atoms with van der Waals surface area (Å²) in [5.41, 5.74) is 4.88. The number of hydrogen-bond donors (Lipinski definition) is 2. The van der Waals surface area contributed by atoms with E-state index in [1.807, 2.05) is 12.3 Å². The highest BCUT2D eigenvalue weighted by Gasteiger charge is 2.22. The van der Waals surface area contributed by atoms with Crippen molar-refractivity contribution in [1.82, 2.24) is 15.3 Å². The molecular formula is C23H33N5. The number of rotatable bonds is 4. The molecule has 2 heterocycles. The molecular weight excluding hydrogens is 346 g/mol. The lowest BCUT2D eigenvalue weighted by Gasteiger charge is -2.28. The smallest absolute Gasteiger partial charge is 0.225 e. The van der Waals surface area contributed by atoms with Crippen molar-refractivity contribution < 1.29 is 0 Å². The SMILES string of the molecule is CC(C)(C)c1cc(-c2ccnc(N3CCNCC3)n2)ccc1NC1CCCC1. The molecule has 1 aromatic carbocycles. The summed E-state index contributed by atoms with van der Waals surface area (Å²) in [7, 11) is 0. The second kappa shape index (κ2) is 8.08. The molecule has 2 N–H and O–H groups in total. The van der Waals surface area contributed by atoms with Gasteiger partial charge in [-0.1, -0.05) is 39.7 Å². The molecule has 28 heavy (non-hydrogen) atoms. The molecule has 0 radical (unpaired) electrons. The van der Waals surface area contributed by atoms with Crippen LogP contribution in [0.25, 0.3) is 11.3 Å². The lowest BCUT2D eigenvalue weighted by molar-refractivity contribution is 0.580. The van der Waals surface area contributed by atoms with E-state index >= 15 is 0 Å². The van der Waals surface area contributed by atoms with Gasteiger partial charge in [0.15, 0.2) is 0 Å². The summed E-state index contributed by atoms with van der Waals surface area (Å²) in [6.07, 6.45) is 7.14. The van der Waals surface area contributed by atoms with Crippen molar-refractivity contribution in [3.05, 3.63) is 36.0 Å². The molecule has 5 heteroatoms. The molecule has 2 aliphatic rings. The van der Waals surface area contributed by atoms with Crippen molar-refractivity contribution in [2.75, 3.05) is 36.4 Å². The summed E-state index contributed by atoms with van der Waals surface area (Å²) < 4.78 is 0. The summed E-state index contributed by atoms with van der Waals surface area (Å²) in [5, 5.41) is 7.20. The number of aromatic nitrogens is 2. The molecule has 0 amide bonds. The summed E-state index contributed by atoms with van der Waals surface area (Å²) in [5.74, 6) is 0.837. The topological polar surface area (TPSA) is 53.1 Å². The normalized spacial score (nSPS) is 18.5. The highest BCUT2D eigenvalue weighted by Crippen LogP contribution is 2.35. The third-order valence-corrected chi connectivity index (χ3v) is 5.88. The molecule has 4 rings (SSSR count). The third-order valence-electron chi connectivity index (χ3n) is 5.88. The van der Waals surface area contributed by atoms with E-state index in [0.717, 1.165) is 37.8 Å². The van der Waals surface area contributed by atoms with Gasteiger partial charge in [-0.15, -0.1) is 0 Å². The number of piperazine rings is 1. The van der Waals surface area contributed by atoms with Crippen LogP contribution >= 0.6 is 0 Å². The summed E-state index contributed by atoms with van der Waals surface area (Å²) >= 11 is 0. The minimum Gasteiger partial charge on any atom is -0.382 e. The molecule has 0 unspecified atom stereocenters. The van der Waals surface area contributed by atoms with E-state index in [0.29, 0.717) is 6.04 Å². The Hall–Kier alpha value is -2.14. The quantitative estimate of drug-likeness (QED) is 0.834. The van der Waals surface area contributed by atoms with Crippen LogP contribution in [-0.2, 0) is 5.41 Å². The van der Waals surface area contributed by atoms with Crippen LogP contribution in [0.2, 0.25) is 0 Å². The van der Waals surface area contributed by atoms with Gasteiger partial charge in [-0.05, 0) is 42.0 Å². The van der Waals surface area contributed by atoms with Gasteiger partial charge in [0, 0.05) is 49.7 Å². The van der Waals surface area contributed by atoms with Crippen LogP contribution in [-0.4, -0.2) is 42.2 Å². The van der Waals surface area contributed by atoms with Crippen LogP contribution in [0, 0.1) is 0 Å². The Balaban J connectivity index is 1.64. The first-order valence-corrected chi connectivity index (χ1v) is 10.7. The molecule has 0 atom stereocenters. The Kier molecular flexibility index (Phi) is 5.54. The molecule has 0 spiro atoms. The minimum atomic E-state index is 0.0747. The first-order valence-electron chi connectivity index (χ1n) is 10.7. The van der Waals surface area contributed by atoms with Gasteiger partial charge in [-0.3, -0.25) is 0 Å². The maximum Gasteiger partial charge on any atom is 0.225 e. The minimum absolute atomic E-state index is 0.0747. The number of anilines is 2. The van der Waals surface area contributed by atoms with Gasteiger partial charge in [0.25, 0.3) is 0 Å². The fourth-order valence-electron chi connectivity index (χ4n) is 4.27. The summed E-state index contributed by atoms with van der Waals surface area (Å²) in [6.45, 7) is 10.8. The highest BCUT2D eigenvalue weighted by atomic mass is 15.3. The number of hydrogen-bond acceptors (Lipinski definition) is 5. The Labute approximate surface area is 169 Å². The van der Waals surface area contributed by atoms with Crippen LogP contribution in [0.4, 0.5) is 11.6 Å². The Morgan fingerprint density at radius 2 is 1.82 bits per heavy atom. The molecule has 5 nitrogen and oxygen atoms in total. The average molecular weight is 380 g/mol. The van der Waals surface area contributed by atoms with E-state index in [1.165, 1.54) is 42.5 Å². The number of benzene rings is 1. The maximum absolute atomic E-state index is 4.89. The van der Waals surface area contributed by atoms with E-state index in [-0.39, 0.29) is 5.41 Å². The molecule has 150 valence electrons. The lowest BCUT2D eigenvalue weighted by atomic mass is 9.84. The third kappa shape index (κ3) is 4.30. The molecule has 1 aromatic heterocycles. The first-order chi connectivity index (χ1) is 13.5. The lowest BCUT2D eigenvalue weighted by Crippen LogP contribution is -2.44. The van der Waals surface area contributed by atoms with E-state index in [4.69, 9.17) is 4.98 Å². The fourth-order valence-corrected chi connectivity index (χ4v) is 4.27. The van der Waals surface area contributed by atoms with Gasteiger partial charge in [0.1, 0.15) is 0 Å². The Morgan fingerprint density at radius 3 is 2.54 bits per heavy atom. The van der Waals surface area contributed by atoms with E-state index < -0.39 is 0 Å². The van der Waals surface area contributed by atoms with Gasteiger partial charge < -0.3 is 15.5 Å². The monoisotopic (exact) mass is 379 g/mol. The summed E-state index contributed by atoms with van der Waals surface area (Å²) in [6, 6.07) is 9.42. The van der Waals surface area contributed by atoms with Crippen molar-refractivity contribution in [3.63, 3.8) is 0 Å². The standard InChI is InChI=1S/C23H33N5/c1-23(2,3)19-16-17(8-9-21(19)26-18-6-4-5-7-18)20-10-11-25-22(27-20)28-14-12-24-13-15-28/h8-11,16,18,24,26H,4-7,12-15H2,1-3H3. The van der Waals surface area contributed by atoms with Crippen LogP contribution in [0.1, 0.15) is 52.0 Å². The number of nitrogens with one attached hydrogen (secondary N) is 2. The zero-order chi connectivity index (χ0) is 19.6. The molecule has 2 aromatic rings. The van der Waals surface area contributed by atoms with Crippen molar-refractivity contribution >= 4 is 11.6 Å². The van der Waals surface area contributed by atoms with Gasteiger partial charge in [-0.25, -0.2) is 9.97 Å². The first kappa shape index (κ1) is 19.2. The average Bonchev–Trinajstić information content (AvgIpc) is 3.21. The molecule has 1 aliphatic heterocycles. The number of nitrogens with zero attached hydrogens (tertiary/aromatic N) is 3. The van der Waals surface area contributed by atoms with Crippen LogP contribution in [0.5, 0.6) is 0 Å². The second-order valence-corrected chi connectivity index (χ2v) is 9.12. The van der Waals surface area contributed by atoms with E-state index in [9.17, 15) is 0 Å². The highest BCUT2D eigenvalue weighted by molar-refractivity contribution is 5.68. The summed E-state index contributed by atoms with van der Waals surface area (Å²) in [4.78, 5) is 11.7. The predicted molar refractivity (Wildman–Crippen MR) is 117 cm³/mol. The van der Waals surface area contributed by atoms with Crippen LogP contribution in [0.3, 0.4) is 0 Å². The molecule has 2 fully saturated rings. The fraction of sp³-hybridized carbons (Fsp3) is 0.565. The van der Waals surface area contributed by atoms with Crippen LogP contribution < -0.4 is 15.5 Å². The molecule has 1 aliphatic carbocycles. The zero-order valence-electron chi connectivity index (χ0n) is 17.5. The predicted octanol–water partition coefficient (Wildman–Crippen LogP) is 4.21. The van der Waals surface area contributed by atoms with Gasteiger partial charge >= 0.3 is 0 Å². The van der Waals surface area contributed by atoms with Gasteiger partial charge in [0.05, 0.1) is 5.69 Å². The Bertz CT molecular complexity index is 799. The van der Waals surface area contributed by atoms with E-state index in [2.05, 4.69) is 59.5 Å². The van der Waals surface area contributed by atoms with E-state index in [1.54, 1.807) is 0 Å². The van der Waals surface area contributed by atoms with Crippen molar-refractivity contribution in [3.8, 4) is 11.3 Å². The van der Waals surface area contributed by atoms with Crippen molar-refractivity contribution in [1.29, 1.82) is 0 Å². The van der Waals surface area contributed by atoms with Gasteiger partial charge in [0.2, 0.25) is 5.95 Å². The molecule has 0 bridgehead atoms. The van der Waals surface area contributed by atoms with Gasteiger partial charge in [-0.2, -0.15) is 0 Å². The second-order valence-electron chi connectivity index (χ2n) is 9.12. The molecule has 1 saturated carbocycles. The van der Waals surface area contributed by atoms with Crippen LogP contribution in [0.15, 0.2) is 30.5 Å². The van der Waals surface area contributed by atoms with Crippen molar-refractivity contribution in [2.45, 2.75) is 57.9 Å².